The molecular formula is C16H28FN3O. The summed E-state index contributed by atoms with van der Waals surface area (Å²) in [4.78, 5) is 6.30. The first-order chi connectivity index (χ1) is 9.97. The zero-order chi connectivity index (χ0) is 15.8. The largest absolute Gasteiger partial charge is 0.474 e. The first-order valence-corrected chi connectivity index (χ1v) is 7.70. The van der Waals surface area contributed by atoms with Crippen LogP contribution >= 0.6 is 0 Å². The van der Waals surface area contributed by atoms with Crippen LogP contribution in [0.2, 0.25) is 0 Å². The van der Waals surface area contributed by atoms with Crippen molar-refractivity contribution in [3.8, 4) is 5.88 Å². The summed E-state index contributed by atoms with van der Waals surface area (Å²) in [6, 6.07) is 2.55. The number of hydrogen-bond acceptors (Lipinski definition) is 4. The Balaban J connectivity index is 2.59. The van der Waals surface area contributed by atoms with Gasteiger partial charge in [0.15, 0.2) is 5.82 Å². The summed E-state index contributed by atoms with van der Waals surface area (Å²) >= 11 is 0. The minimum Gasteiger partial charge on any atom is -0.474 e. The second-order valence-corrected chi connectivity index (χ2v) is 5.64. The van der Waals surface area contributed by atoms with Gasteiger partial charge in [-0.15, -0.1) is 0 Å². The first kappa shape index (κ1) is 17.9. The molecular weight excluding hydrogens is 269 g/mol. The van der Waals surface area contributed by atoms with E-state index >= 15 is 0 Å². The maximum absolute atomic E-state index is 14.2. The summed E-state index contributed by atoms with van der Waals surface area (Å²) in [6.45, 7) is 13.1. The molecule has 4 nitrogen and oxygen atoms in total. The Hall–Kier alpha value is -1.20. The number of nitrogens with one attached hydrogen (secondary N) is 1. The van der Waals surface area contributed by atoms with Crippen LogP contribution in [0.1, 0.15) is 40.2 Å². The van der Waals surface area contributed by atoms with Crippen molar-refractivity contribution in [2.75, 3.05) is 19.7 Å². The van der Waals surface area contributed by atoms with E-state index in [2.05, 4.69) is 42.9 Å². The molecule has 0 aliphatic rings. The van der Waals surface area contributed by atoms with Gasteiger partial charge >= 0.3 is 0 Å². The Morgan fingerprint density at radius 2 is 1.95 bits per heavy atom. The van der Waals surface area contributed by atoms with Crippen molar-refractivity contribution < 1.29 is 9.13 Å². The van der Waals surface area contributed by atoms with E-state index in [1.807, 2.05) is 6.92 Å². The third kappa shape index (κ3) is 5.59. The normalized spacial score (nSPS) is 11.7. The number of aromatic nitrogens is 1. The molecule has 1 N–H and O–H groups in total. The molecule has 0 aliphatic carbocycles. The maximum Gasteiger partial charge on any atom is 0.250 e. The van der Waals surface area contributed by atoms with Crippen LogP contribution in [0.25, 0.3) is 0 Å². The highest BCUT2D eigenvalue weighted by molar-refractivity contribution is 5.23. The minimum absolute atomic E-state index is 0.0952. The zero-order valence-electron chi connectivity index (χ0n) is 13.8. The van der Waals surface area contributed by atoms with Gasteiger partial charge in [0.2, 0.25) is 0 Å². The molecule has 0 saturated carbocycles. The van der Waals surface area contributed by atoms with Crippen molar-refractivity contribution in [2.24, 2.45) is 0 Å². The third-order valence-corrected chi connectivity index (χ3v) is 3.42. The molecule has 1 aromatic heterocycles. The van der Waals surface area contributed by atoms with E-state index in [1.165, 1.54) is 0 Å². The molecule has 0 radical (unpaired) electrons. The molecule has 0 unspecified atom stereocenters. The van der Waals surface area contributed by atoms with Gasteiger partial charge in [-0.2, -0.15) is 0 Å². The van der Waals surface area contributed by atoms with Crippen molar-refractivity contribution in [1.82, 2.24) is 15.2 Å². The van der Waals surface area contributed by atoms with Crippen molar-refractivity contribution >= 4 is 0 Å². The molecule has 0 bridgehead atoms. The predicted molar refractivity (Wildman–Crippen MR) is 84.0 cm³/mol. The van der Waals surface area contributed by atoms with E-state index in [4.69, 9.17) is 4.74 Å². The van der Waals surface area contributed by atoms with E-state index in [9.17, 15) is 4.39 Å². The van der Waals surface area contributed by atoms with E-state index in [0.717, 1.165) is 13.1 Å². The van der Waals surface area contributed by atoms with Crippen LogP contribution in [0.4, 0.5) is 4.39 Å². The lowest BCUT2D eigenvalue weighted by Gasteiger charge is -2.30. The summed E-state index contributed by atoms with van der Waals surface area (Å²) in [5.41, 5.74) is 0.589. The molecule has 0 saturated heterocycles. The second kappa shape index (κ2) is 8.95. The lowest BCUT2D eigenvalue weighted by Crippen LogP contribution is -2.39. The molecule has 0 aliphatic heterocycles. The number of ether oxygens (including phenoxy) is 1. The average Bonchev–Trinajstić information content (AvgIpc) is 2.43. The lowest BCUT2D eigenvalue weighted by atomic mass is 10.2. The topological polar surface area (TPSA) is 37.4 Å². The van der Waals surface area contributed by atoms with E-state index in [1.54, 1.807) is 12.3 Å². The van der Waals surface area contributed by atoms with Crippen LogP contribution in [0.5, 0.6) is 5.88 Å². The molecule has 0 fully saturated rings. The van der Waals surface area contributed by atoms with Crippen LogP contribution < -0.4 is 10.1 Å². The quantitative estimate of drug-likeness (QED) is 0.760. The fourth-order valence-corrected chi connectivity index (χ4v) is 2.32. The molecule has 120 valence electrons. The monoisotopic (exact) mass is 297 g/mol. The van der Waals surface area contributed by atoms with Gasteiger partial charge in [0.1, 0.15) is 6.61 Å². The van der Waals surface area contributed by atoms with Gasteiger partial charge in [-0.25, -0.2) is 9.37 Å². The van der Waals surface area contributed by atoms with Crippen LogP contribution in [0.15, 0.2) is 12.3 Å². The molecule has 1 heterocycles. The van der Waals surface area contributed by atoms with Crippen molar-refractivity contribution in [1.29, 1.82) is 0 Å². The average molecular weight is 297 g/mol. The molecule has 1 rings (SSSR count). The standard InChI is InChI=1S/C16H28FN3O/c1-6-18-11-14-7-8-19-16(15(14)17)21-10-9-20(12(2)3)13(4)5/h7-8,12-13,18H,6,9-11H2,1-5H3. The maximum atomic E-state index is 14.2. The Labute approximate surface area is 127 Å². The number of rotatable bonds is 9. The van der Waals surface area contributed by atoms with E-state index in [0.29, 0.717) is 30.8 Å². The molecule has 0 amide bonds. The Bertz CT molecular complexity index is 416. The minimum atomic E-state index is -0.362. The summed E-state index contributed by atoms with van der Waals surface area (Å²) in [5.74, 6) is -0.267. The molecule has 5 heteroatoms. The van der Waals surface area contributed by atoms with E-state index < -0.39 is 0 Å². The molecule has 0 spiro atoms. The molecule has 0 aromatic carbocycles. The van der Waals surface area contributed by atoms with Crippen LogP contribution in [-0.2, 0) is 6.54 Å². The summed E-state index contributed by atoms with van der Waals surface area (Å²) < 4.78 is 19.7. The predicted octanol–water partition coefficient (Wildman–Crippen LogP) is 2.83. The summed E-state index contributed by atoms with van der Waals surface area (Å²) in [6.07, 6.45) is 1.59. The van der Waals surface area contributed by atoms with Crippen molar-refractivity contribution in [3.63, 3.8) is 0 Å². The van der Waals surface area contributed by atoms with E-state index in [-0.39, 0.29) is 11.7 Å². The zero-order valence-corrected chi connectivity index (χ0v) is 13.8. The van der Waals surface area contributed by atoms with Crippen molar-refractivity contribution in [2.45, 2.75) is 53.2 Å². The summed E-state index contributed by atoms with van der Waals surface area (Å²) in [7, 11) is 0. The van der Waals surface area contributed by atoms with Gasteiger partial charge in [0.05, 0.1) is 0 Å². The molecule has 0 atom stereocenters. The number of nitrogens with zero attached hydrogens (tertiary/aromatic N) is 2. The van der Waals surface area contributed by atoms with Gasteiger partial charge in [0.25, 0.3) is 5.88 Å². The Morgan fingerprint density at radius 1 is 1.29 bits per heavy atom. The molecule has 21 heavy (non-hydrogen) atoms. The van der Waals surface area contributed by atoms with Gasteiger partial charge in [-0.3, -0.25) is 4.90 Å². The SMILES string of the molecule is CCNCc1ccnc(OCCN(C(C)C)C(C)C)c1F. The van der Waals surface area contributed by atoms with Gasteiger partial charge in [-0.1, -0.05) is 6.92 Å². The Kier molecular flexibility index (Phi) is 7.61. The highest BCUT2D eigenvalue weighted by Gasteiger charge is 2.15. The van der Waals surface area contributed by atoms with Crippen LogP contribution in [0, 0.1) is 5.82 Å². The first-order valence-electron chi connectivity index (χ1n) is 7.70. The fraction of sp³-hybridized carbons (Fsp3) is 0.688. The highest BCUT2D eigenvalue weighted by Crippen LogP contribution is 2.17. The van der Waals surface area contributed by atoms with Gasteiger partial charge < -0.3 is 10.1 Å². The highest BCUT2D eigenvalue weighted by atomic mass is 19.1. The number of halogens is 1. The summed E-state index contributed by atoms with van der Waals surface area (Å²) in [5, 5.41) is 3.11. The third-order valence-electron chi connectivity index (χ3n) is 3.42. The van der Waals surface area contributed by atoms with Gasteiger partial charge in [0, 0.05) is 36.9 Å². The molecule has 1 aromatic rings. The number of pyridine rings is 1. The smallest absolute Gasteiger partial charge is 0.250 e. The lowest BCUT2D eigenvalue weighted by molar-refractivity contribution is 0.138. The van der Waals surface area contributed by atoms with Gasteiger partial charge in [-0.05, 0) is 40.3 Å². The number of hydrogen-bond donors (Lipinski definition) is 1. The van der Waals surface area contributed by atoms with Crippen LogP contribution in [-0.4, -0.2) is 41.7 Å². The van der Waals surface area contributed by atoms with Crippen LogP contribution in [0.3, 0.4) is 0 Å². The van der Waals surface area contributed by atoms with Crippen molar-refractivity contribution in [3.05, 3.63) is 23.6 Å². The Morgan fingerprint density at radius 3 is 2.52 bits per heavy atom. The fourth-order valence-electron chi connectivity index (χ4n) is 2.32. The second-order valence-electron chi connectivity index (χ2n) is 5.64.